The molecule has 0 aliphatic carbocycles. The van der Waals surface area contributed by atoms with Crippen molar-refractivity contribution in [2.45, 2.75) is 52.5 Å². The maximum absolute atomic E-state index is 6.15. The molecule has 1 fully saturated rings. The molecular formula is C13H28N2. The molecule has 0 aromatic carbocycles. The second kappa shape index (κ2) is 4.42. The molecule has 2 N–H and O–H groups in total. The minimum atomic E-state index is -0.0349. The third-order valence-electron chi connectivity index (χ3n) is 3.73. The van der Waals surface area contributed by atoms with Gasteiger partial charge in [0.1, 0.15) is 0 Å². The molecule has 0 unspecified atom stereocenters. The largest absolute Gasteiger partial charge is 0.326 e. The van der Waals surface area contributed by atoms with Crippen LogP contribution < -0.4 is 5.73 Å². The summed E-state index contributed by atoms with van der Waals surface area (Å²) in [5.41, 5.74) is 6.50. The van der Waals surface area contributed by atoms with E-state index in [0.29, 0.717) is 5.41 Å². The van der Waals surface area contributed by atoms with Crippen molar-refractivity contribution in [3.05, 3.63) is 0 Å². The van der Waals surface area contributed by atoms with Gasteiger partial charge in [-0.15, -0.1) is 0 Å². The number of rotatable bonds is 3. The summed E-state index contributed by atoms with van der Waals surface area (Å²) in [6, 6.07) is 0. The first-order valence-corrected chi connectivity index (χ1v) is 6.18. The molecule has 1 heterocycles. The van der Waals surface area contributed by atoms with Crippen molar-refractivity contribution >= 4 is 0 Å². The van der Waals surface area contributed by atoms with E-state index in [1.807, 2.05) is 0 Å². The van der Waals surface area contributed by atoms with Gasteiger partial charge in [0, 0.05) is 5.54 Å². The Morgan fingerprint density at radius 2 is 1.60 bits per heavy atom. The third-order valence-corrected chi connectivity index (χ3v) is 3.73. The van der Waals surface area contributed by atoms with Gasteiger partial charge >= 0.3 is 0 Å². The van der Waals surface area contributed by atoms with E-state index in [-0.39, 0.29) is 5.54 Å². The van der Waals surface area contributed by atoms with Crippen LogP contribution in [0.3, 0.4) is 0 Å². The molecule has 2 nitrogen and oxygen atoms in total. The highest BCUT2D eigenvalue weighted by atomic mass is 15.1. The van der Waals surface area contributed by atoms with Gasteiger partial charge in [-0.1, -0.05) is 13.8 Å². The summed E-state index contributed by atoms with van der Waals surface area (Å²) in [6.07, 6.45) is 3.79. The van der Waals surface area contributed by atoms with E-state index >= 15 is 0 Å². The lowest BCUT2D eigenvalue weighted by Crippen LogP contribution is -2.43. The molecule has 2 heteroatoms. The van der Waals surface area contributed by atoms with Gasteiger partial charge in [-0.05, 0) is 64.6 Å². The zero-order chi connectivity index (χ0) is 11.7. The number of hydrogen-bond acceptors (Lipinski definition) is 2. The lowest BCUT2D eigenvalue weighted by molar-refractivity contribution is 0.0896. The molecule has 1 saturated heterocycles. The number of likely N-dealkylation sites (tertiary alicyclic amines) is 1. The van der Waals surface area contributed by atoms with Gasteiger partial charge in [-0.25, -0.2) is 0 Å². The minimum Gasteiger partial charge on any atom is -0.326 e. The van der Waals surface area contributed by atoms with E-state index in [4.69, 9.17) is 5.73 Å². The predicted molar refractivity (Wildman–Crippen MR) is 66.9 cm³/mol. The average molecular weight is 212 g/mol. The Kier molecular flexibility index (Phi) is 3.83. The van der Waals surface area contributed by atoms with E-state index in [9.17, 15) is 0 Å². The van der Waals surface area contributed by atoms with Crippen LogP contribution in [0.2, 0.25) is 0 Å². The van der Waals surface area contributed by atoms with E-state index in [1.165, 1.54) is 25.9 Å². The Hall–Kier alpha value is -0.0800. The Morgan fingerprint density at radius 3 is 2.00 bits per heavy atom. The van der Waals surface area contributed by atoms with Gasteiger partial charge in [0.15, 0.2) is 0 Å². The van der Waals surface area contributed by atoms with Crippen molar-refractivity contribution in [3.8, 4) is 0 Å². The fraction of sp³-hybridized carbons (Fsp3) is 1.00. The quantitative estimate of drug-likeness (QED) is 0.779. The van der Waals surface area contributed by atoms with Gasteiger partial charge in [0.25, 0.3) is 0 Å². The van der Waals surface area contributed by atoms with Gasteiger partial charge in [-0.2, -0.15) is 0 Å². The van der Waals surface area contributed by atoms with E-state index in [2.05, 4.69) is 39.6 Å². The summed E-state index contributed by atoms with van der Waals surface area (Å²) < 4.78 is 0. The monoisotopic (exact) mass is 212 g/mol. The molecule has 1 aliphatic rings. The van der Waals surface area contributed by atoms with Crippen molar-refractivity contribution in [2.24, 2.45) is 17.1 Å². The van der Waals surface area contributed by atoms with Crippen LogP contribution in [-0.2, 0) is 0 Å². The first-order valence-electron chi connectivity index (χ1n) is 6.18. The molecule has 0 bridgehead atoms. The summed E-state index contributed by atoms with van der Waals surface area (Å²) in [5.74, 6) is 0.844. The SMILES string of the molecule is CN1CCC(C(C)(C)CC(C)(C)N)CC1. The predicted octanol–water partition coefficient (Wildman–Crippen LogP) is 2.48. The van der Waals surface area contributed by atoms with Crippen LogP contribution in [0.15, 0.2) is 0 Å². The summed E-state index contributed by atoms with van der Waals surface area (Å²) in [4.78, 5) is 2.43. The molecular weight excluding hydrogens is 184 g/mol. The topological polar surface area (TPSA) is 29.3 Å². The molecule has 0 saturated carbocycles. The van der Waals surface area contributed by atoms with Crippen LogP contribution in [-0.4, -0.2) is 30.6 Å². The van der Waals surface area contributed by atoms with Crippen LogP contribution in [0, 0.1) is 11.3 Å². The van der Waals surface area contributed by atoms with E-state index in [1.54, 1.807) is 0 Å². The van der Waals surface area contributed by atoms with Crippen LogP contribution in [0.4, 0.5) is 0 Å². The molecule has 0 radical (unpaired) electrons. The maximum Gasteiger partial charge on any atom is 0.0102 e. The Labute approximate surface area is 95.2 Å². The molecule has 0 aromatic heterocycles. The number of piperidine rings is 1. The van der Waals surface area contributed by atoms with Crippen LogP contribution in [0.5, 0.6) is 0 Å². The van der Waals surface area contributed by atoms with Crippen LogP contribution in [0.1, 0.15) is 47.0 Å². The summed E-state index contributed by atoms with van der Waals surface area (Å²) in [7, 11) is 2.22. The van der Waals surface area contributed by atoms with Crippen molar-refractivity contribution in [3.63, 3.8) is 0 Å². The van der Waals surface area contributed by atoms with Crippen LogP contribution in [0.25, 0.3) is 0 Å². The molecule has 15 heavy (non-hydrogen) atoms. The van der Waals surface area contributed by atoms with Crippen molar-refractivity contribution in [2.75, 3.05) is 20.1 Å². The fourth-order valence-corrected chi connectivity index (χ4v) is 3.11. The third kappa shape index (κ3) is 4.12. The minimum absolute atomic E-state index is 0.0349. The van der Waals surface area contributed by atoms with Gasteiger partial charge in [-0.3, -0.25) is 0 Å². The molecule has 0 amide bonds. The molecule has 0 atom stereocenters. The lowest BCUT2D eigenvalue weighted by Gasteiger charge is -2.42. The van der Waals surface area contributed by atoms with Crippen molar-refractivity contribution < 1.29 is 0 Å². The first kappa shape index (κ1) is 13.0. The summed E-state index contributed by atoms with van der Waals surface area (Å²) >= 11 is 0. The standard InChI is InChI=1S/C13H28N2/c1-12(2,10-13(3,4)14)11-6-8-15(5)9-7-11/h11H,6-10,14H2,1-5H3. The molecule has 1 rings (SSSR count). The normalized spacial score (nSPS) is 22.0. The number of nitrogens with zero attached hydrogens (tertiary/aromatic N) is 1. The smallest absolute Gasteiger partial charge is 0.0102 e. The number of nitrogens with two attached hydrogens (primary N) is 1. The highest BCUT2D eigenvalue weighted by molar-refractivity contribution is 4.89. The molecule has 0 spiro atoms. The highest BCUT2D eigenvalue weighted by Crippen LogP contribution is 2.40. The zero-order valence-electron chi connectivity index (χ0n) is 11.1. The van der Waals surface area contributed by atoms with Gasteiger partial charge in [0.2, 0.25) is 0 Å². The second-order valence-corrected chi connectivity index (χ2v) is 6.73. The number of hydrogen-bond donors (Lipinski definition) is 1. The maximum atomic E-state index is 6.15. The summed E-state index contributed by atoms with van der Waals surface area (Å²) in [6.45, 7) is 11.6. The first-order chi connectivity index (χ1) is 6.71. The van der Waals surface area contributed by atoms with E-state index in [0.717, 1.165) is 12.3 Å². The molecule has 0 aromatic rings. The molecule has 90 valence electrons. The Balaban J connectivity index is 2.54. The highest BCUT2D eigenvalue weighted by Gasteiger charge is 2.34. The Morgan fingerprint density at radius 1 is 1.13 bits per heavy atom. The van der Waals surface area contributed by atoms with Gasteiger partial charge in [0.05, 0.1) is 0 Å². The Bertz CT molecular complexity index is 195. The van der Waals surface area contributed by atoms with Gasteiger partial charge < -0.3 is 10.6 Å². The van der Waals surface area contributed by atoms with Crippen molar-refractivity contribution in [1.82, 2.24) is 4.90 Å². The lowest BCUT2D eigenvalue weighted by atomic mass is 9.68. The fourth-order valence-electron chi connectivity index (χ4n) is 3.11. The molecule has 1 aliphatic heterocycles. The summed E-state index contributed by atoms with van der Waals surface area (Å²) in [5, 5.41) is 0. The van der Waals surface area contributed by atoms with Crippen molar-refractivity contribution in [1.29, 1.82) is 0 Å². The van der Waals surface area contributed by atoms with Crippen LogP contribution >= 0.6 is 0 Å². The van der Waals surface area contributed by atoms with E-state index < -0.39 is 0 Å². The second-order valence-electron chi connectivity index (χ2n) is 6.73. The average Bonchev–Trinajstić information content (AvgIpc) is 2.00. The zero-order valence-corrected chi connectivity index (χ0v) is 11.1.